The minimum atomic E-state index is -0.323. The molecule has 0 saturated heterocycles. The monoisotopic (exact) mass is 374 g/mol. The van der Waals surface area contributed by atoms with Crippen LogP contribution in [-0.2, 0) is 0 Å². The molecule has 0 aliphatic heterocycles. The Hall–Kier alpha value is -3.37. The highest BCUT2D eigenvalue weighted by Gasteiger charge is 2.16. The Bertz CT molecular complexity index is 1150. The van der Waals surface area contributed by atoms with Gasteiger partial charge in [-0.25, -0.2) is 0 Å². The third-order valence-electron chi connectivity index (χ3n) is 4.28. The van der Waals surface area contributed by atoms with E-state index in [0.717, 1.165) is 10.9 Å². The van der Waals surface area contributed by atoms with E-state index in [4.69, 9.17) is 11.6 Å². The molecule has 0 aliphatic rings. The van der Waals surface area contributed by atoms with Crippen molar-refractivity contribution in [1.29, 1.82) is 0 Å². The number of hydrogen-bond donors (Lipinski definition) is 2. The molecule has 0 aliphatic carbocycles. The summed E-state index contributed by atoms with van der Waals surface area (Å²) in [4.78, 5) is 28.6. The van der Waals surface area contributed by atoms with Gasteiger partial charge in [-0.1, -0.05) is 54.1 Å². The van der Waals surface area contributed by atoms with Gasteiger partial charge in [0, 0.05) is 27.1 Å². The number of rotatable bonds is 4. The Balaban J connectivity index is 1.64. The molecule has 4 aromatic rings. The number of para-hydroxylation sites is 1. The molecule has 0 atom stereocenters. The number of nitrogens with one attached hydrogen (secondary N) is 2. The van der Waals surface area contributed by atoms with Gasteiger partial charge in [-0.3, -0.25) is 9.59 Å². The fourth-order valence-corrected chi connectivity index (χ4v) is 3.13. The van der Waals surface area contributed by atoms with Crippen molar-refractivity contribution < 1.29 is 9.59 Å². The Morgan fingerprint density at radius 1 is 0.852 bits per heavy atom. The van der Waals surface area contributed by atoms with Crippen LogP contribution in [0.5, 0.6) is 0 Å². The van der Waals surface area contributed by atoms with Crippen molar-refractivity contribution in [3.05, 3.63) is 101 Å². The predicted molar refractivity (Wildman–Crippen MR) is 108 cm³/mol. The topological polar surface area (TPSA) is 62.0 Å². The predicted octanol–water partition coefficient (Wildman–Crippen LogP) is 5.30. The van der Waals surface area contributed by atoms with Gasteiger partial charge < -0.3 is 10.3 Å². The lowest BCUT2D eigenvalue weighted by atomic mass is 10.0. The number of ketones is 1. The maximum Gasteiger partial charge on any atom is 0.272 e. The molecule has 0 bridgehead atoms. The number of fused-ring (bicyclic) bond motifs is 1. The average molecular weight is 375 g/mol. The van der Waals surface area contributed by atoms with Gasteiger partial charge in [0.25, 0.3) is 5.91 Å². The van der Waals surface area contributed by atoms with Crippen molar-refractivity contribution in [3.63, 3.8) is 0 Å². The number of H-pyrrole nitrogens is 1. The largest absolute Gasteiger partial charge is 0.351 e. The van der Waals surface area contributed by atoms with E-state index in [1.165, 1.54) is 0 Å². The molecule has 1 heterocycles. The van der Waals surface area contributed by atoms with E-state index in [-0.39, 0.29) is 11.7 Å². The lowest BCUT2D eigenvalue weighted by Crippen LogP contribution is -2.15. The number of carbonyl (C=O) groups is 2. The number of benzene rings is 3. The van der Waals surface area contributed by atoms with Gasteiger partial charge in [0.15, 0.2) is 5.78 Å². The van der Waals surface area contributed by atoms with Crippen LogP contribution in [0.1, 0.15) is 26.4 Å². The molecule has 0 radical (unpaired) electrons. The first kappa shape index (κ1) is 17.1. The summed E-state index contributed by atoms with van der Waals surface area (Å²) >= 11 is 6.00. The van der Waals surface area contributed by atoms with Crippen molar-refractivity contribution >= 4 is 39.9 Å². The van der Waals surface area contributed by atoms with Crippen LogP contribution in [0.2, 0.25) is 5.02 Å². The number of hydrogen-bond acceptors (Lipinski definition) is 2. The fraction of sp³-hybridized carbons (Fsp3) is 0. The summed E-state index contributed by atoms with van der Waals surface area (Å²) in [5, 5.41) is 4.28. The molecule has 3 aromatic carbocycles. The third kappa shape index (κ3) is 3.48. The summed E-state index contributed by atoms with van der Waals surface area (Å²) in [7, 11) is 0. The van der Waals surface area contributed by atoms with Crippen LogP contribution in [0.25, 0.3) is 10.9 Å². The van der Waals surface area contributed by atoms with Crippen molar-refractivity contribution in [3.8, 4) is 0 Å². The summed E-state index contributed by atoms with van der Waals surface area (Å²) in [6.07, 6.45) is 0. The second-order valence-electron chi connectivity index (χ2n) is 6.11. The minimum absolute atomic E-state index is 0.144. The summed E-state index contributed by atoms with van der Waals surface area (Å²) in [5.74, 6) is -0.467. The molecule has 27 heavy (non-hydrogen) atoms. The lowest BCUT2D eigenvalue weighted by molar-refractivity contribution is 0.102. The Morgan fingerprint density at radius 2 is 1.59 bits per heavy atom. The number of aromatic amines is 1. The molecule has 0 saturated carbocycles. The van der Waals surface area contributed by atoms with Gasteiger partial charge >= 0.3 is 0 Å². The van der Waals surface area contributed by atoms with E-state index < -0.39 is 0 Å². The molecule has 1 amide bonds. The van der Waals surface area contributed by atoms with Crippen LogP contribution >= 0.6 is 11.6 Å². The fourth-order valence-electron chi connectivity index (χ4n) is 2.95. The van der Waals surface area contributed by atoms with E-state index in [2.05, 4.69) is 10.3 Å². The molecule has 5 heteroatoms. The standard InChI is InChI=1S/C22H15ClN2O2/c23-16-10-11-18-15(12-16)13-20(24-18)22(27)25-19-9-5-4-8-17(19)21(26)14-6-2-1-3-7-14/h1-13,24H,(H,25,27). The molecule has 2 N–H and O–H groups in total. The highest BCUT2D eigenvalue weighted by Crippen LogP contribution is 2.23. The van der Waals surface area contributed by atoms with E-state index >= 15 is 0 Å². The molecule has 0 spiro atoms. The van der Waals surface area contributed by atoms with Gasteiger partial charge in [-0.2, -0.15) is 0 Å². The number of aromatic nitrogens is 1. The van der Waals surface area contributed by atoms with E-state index in [9.17, 15) is 9.59 Å². The SMILES string of the molecule is O=C(Nc1ccccc1C(=O)c1ccccc1)c1cc2cc(Cl)ccc2[nH]1. The van der Waals surface area contributed by atoms with Crippen LogP contribution in [0.4, 0.5) is 5.69 Å². The Morgan fingerprint density at radius 3 is 2.41 bits per heavy atom. The first-order valence-electron chi connectivity index (χ1n) is 8.40. The lowest BCUT2D eigenvalue weighted by Gasteiger charge is -2.10. The van der Waals surface area contributed by atoms with Crippen LogP contribution in [-0.4, -0.2) is 16.7 Å². The number of amides is 1. The van der Waals surface area contributed by atoms with Crippen LogP contribution in [0.3, 0.4) is 0 Å². The quantitative estimate of drug-likeness (QED) is 0.476. The van der Waals surface area contributed by atoms with Gasteiger partial charge in [-0.05, 0) is 36.4 Å². The van der Waals surface area contributed by atoms with E-state index in [1.807, 2.05) is 24.3 Å². The van der Waals surface area contributed by atoms with Crippen LogP contribution in [0, 0.1) is 0 Å². The summed E-state index contributed by atoms with van der Waals surface area (Å²) in [6.45, 7) is 0. The van der Waals surface area contributed by atoms with Gasteiger partial charge in [-0.15, -0.1) is 0 Å². The summed E-state index contributed by atoms with van der Waals surface area (Å²) in [6, 6.07) is 23.1. The van der Waals surface area contributed by atoms with Crippen LogP contribution < -0.4 is 5.32 Å². The second-order valence-corrected chi connectivity index (χ2v) is 6.55. The molecule has 132 valence electrons. The Labute approximate surface area is 160 Å². The maximum atomic E-state index is 12.8. The van der Waals surface area contributed by atoms with Crippen LogP contribution in [0.15, 0.2) is 78.9 Å². The van der Waals surface area contributed by atoms with Gasteiger partial charge in [0.2, 0.25) is 0 Å². The number of halogens is 1. The molecule has 0 fully saturated rings. The van der Waals surface area contributed by atoms with Crippen molar-refractivity contribution in [2.75, 3.05) is 5.32 Å². The maximum absolute atomic E-state index is 12.8. The zero-order valence-electron chi connectivity index (χ0n) is 14.2. The Kier molecular flexibility index (Phi) is 4.48. The molecule has 0 unspecified atom stereocenters. The molecule has 4 nitrogen and oxygen atoms in total. The second kappa shape index (κ2) is 7.09. The third-order valence-corrected chi connectivity index (χ3v) is 4.52. The first-order valence-corrected chi connectivity index (χ1v) is 8.78. The van der Waals surface area contributed by atoms with Crippen molar-refractivity contribution in [2.45, 2.75) is 0 Å². The minimum Gasteiger partial charge on any atom is -0.351 e. The molecule has 1 aromatic heterocycles. The van der Waals surface area contributed by atoms with Gasteiger partial charge in [0.1, 0.15) is 5.69 Å². The van der Waals surface area contributed by atoms with Crippen molar-refractivity contribution in [1.82, 2.24) is 4.98 Å². The van der Waals surface area contributed by atoms with Gasteiger partial charge in [0.05, 0.1) is 5.69 Å². The number of anilines is 1. The molecular weight excluding hydrogens is 360 g/mol. The highest BCUT2D eigenvalue weighted by molar-refractivity contribution is 6.31. The average Bonchev–Trinajstić information content (AvgIpc) is 3.12. The number of carbonyl (C=O) groups excluding carboxylic acids is 2. The van der Waals surface area contributed by atoms with E-state index in [0.29, 0.717) is 27.5 Å². The van der Waals surface area contributed by atoms with Crippen molar-refractivity contribution in [2.24, 2.45) is 0 Å². The summed E-state index contributed by atoms with van der Waals surface area (Å²) in [5.41, 5.74) is 2.69. The molecule has 4 rings (SSSR count). The highest BCUT2D eigenvalue weighted by atomic mass is 35.5. The normalized spacial score (nSPS) is 10.7. The smallest absolute Gasteiger partial charge is 0.272 e. The summed E-state index contributed by atoms with van der Waals surface area (Å²) < 4.78 is 0. The zero-order valence-corrected chi connectivity index (χ0v) is 15.0. The molecular formula is C22H15ClN2O2. The van der Waals surface area contributed by atoms with E-state index in [1.54, 1.807) is 54.6 Å². The zero-order chi connectivity index (χ0) is 18.8. The first-order chi connectivity index (χ1) is 13.1.